The van der Waals surface area contributed by atoms with E-state index in [0.29, 0.717) is 18.7 Å². The van der Waals surface area contributed by atoms with Gasteiger partial charge in [-0.25, -0.2) is 0 Å². The number of carbonyl (C=O) groups excluding carboxylic acids is 1. The second-order valence-corrected chi connectivity index (χ2v) is 4.84. The third-order valence-electron chi connectivity index (χ3n) is 3.00. The SMILES string of the molecule is CCCN(CCO)CCCC(=O)Nc1cccc(N)c1. The Morgan fingerprint density at radius 2 is 2.15 bits per heavy atom. The molecule has 112 valence electrons. The van der Waals surface area contributed by atoms with Gasteiger partial charge in [-0.1, -0.05) is 13.0 Å². The maximum absolute atomic E-state index is 11.8. The predicted molar refractivity (Wildman–Crippen MR) is 82.5 cm³/mol. The first-order valence-corrected chi connectivity index (χ1v) is 7.14. The van der Waals surface area contributed by atoms with E-state index >= 15 is 0 Å². The van der Waals surface area contributed by atoms with E-state index in [-0.39, 0.29) is 12.5 Å². The van der Waals surface area contributed by atoms with E-state index in [4.69, 9.17) is 10.8 Å². The molecule has 0 aliphatic heterocycles. The molecule has 0 saturated carbocycles. The number of nitrogens with one attached hydrogen (secondary N) is 1. The summed E-state index contributed by atoms with van der Waals surface area (Å²) in [5, 5.41) is 11.8. The van der Waals surface area contributed by atoms with E-state index in [2.05, 4.69) is 17.1 Å². The fourth-order valence-corrected chi connectivity index (χ4v) is 2.10. The fraction of sp³-hybridized carbons (Fsp3) is 0.533. The van der Waals surface area contributed by atoms with E-state index in [1.165, 1.54) is 0 Å². The van der Waals surface area contributed by atoms with Crippen molar-refractivity contribution >= 4 is 17.3 Å². The van der Waals surface area contributed by atoms with Crippen LogP contribution in [0.5, 0.6) is 0 Å². The second kappa shape index (κ2) is 9.34. The molecule has 0 bridgehead atoms. The lowest BCUT2D eigenvalue weighted by Crippen LogP contribution is -2.29. The highest BCUT2D eigenvalue weighted by molar-refractivity contribution is 5.91. The van der Waals surface area contributed by atoms with Crippen molar-refractivity contribution < 1.29 is 9.90 Å². The van der Waals surface area contributed by atoms with Crippen molar-refractivity contribution in [2.24, 2.45) is 0 Å². The summed E-state index contributed by atoms with van der Waals surface area (Å²) in [5.74, 6) is -0.00366. The molecule has 0 spiro atoms. The summed E-state index contributed by atoms with van der Waals surface area (Å²) in [6, 6.07) is 7.17. The molecule has 20 heavy (non-hydrogen) atoms. The van der Waals surface area contributed by atoms with Crippen LogP contribution in [0.4, 0.5) is 11.4 Å². The van der Waals surface area contributed by atoms with Crippen LogP contribution in [-0.4, -0.2) is 42.2 Å². The number of carbonyl (C=O) groups is 1. The zero-order chi connectivity index (χ0) is 14.8. The predicted octanol–water partition coefficient (Wildman–Crippen LogP) is 1.69. The van der Waals surface area contributed by atoms with Crippen LogP contribution in [0.1, 0.15) is 26.2 Å². The van der Waals surface area contributed by atoms with Crippen LogP contribution in [0.15, 0.2) is 24.3 Å². The molecule has 1 amide bonds. The number of rotatable bonds is 9. The van der Waals surface area contributed by atoms with Crippen LogP contribution < -0.4 is 11.1 Å². The summed E-state index contributed by atoms with van der Waals surface area (Å²) in [4.78, 5) is 14.0. The molecule has 0 fully saturated rings. The van der Waals surface area contributed by atoms with Gasteiger partial charge in [-0.05, 0) is 44.1 Å². The fourth-order valence-electron chi connectivity index (χ4n) is 2.10. The van der Waals surface area contributed by atoms with E-state index in [1.807, 2.05) is 12.1 Å². The Hall–Kier alpha value is -1.59. The Bertz CT molecular complexity index is 404. The number of aliphatic hydroxyl groups excluding tert-OH is 1. The topological polar surface area (TPSA) is 78.6 Å². The first-order chi connectivity index (χ1) is 9.65. The molecule has 5 nitrogen and oxygen atoms in total. The largest absolute Gasteiger partial charge is 0.399 e. The number of nitrogen functional groups attached to an aromatic ring is 1. The van der Waals surface area contributed by atoms with Crippen LogP contribution in [0.2, 0.25) is 0 Å². The highest BCUT2D eigenvalue weighted by Crippen LogP contribution is 2.12. The summed E-state index contributed by atoms with van der Waals surface area (Å²) < 4.78 is 0. The molecule has 1 aromatic rings. The number of benzene rings is 1. The molecule has 0 aromatic heterocycles. The average molecular weight is 279 g/mol. The van der Waals surface area contributed by atoms with Gasteiger partial charge >= 0.3 is 0 Å². The normalized spacial score (nSPS) is 10.8. The van der Waals surface area contributed by atoms with Crippen molar-refractivity contribution in [3.63, 3.8) is 0 Å². The van der Waals surface area contributed by atoms with Gasteiger partial charge in [-0.2, -0.15) is 0 Å². The zero-order valence-electron chi connectivity index (χ0n) is 12.1. The lowest BCUT2D eigenvalue weighted by atomic mass is 10.2. The number of aliphatic hydroxyl groups is 1. The molecular weight excluding hydrogens is 254 g/mol. The maximum Gasteiger partial charge on any atom is 0.224 e. The summed E-state index contributed by atoms with van der Waals surface area (Å²) >= 11 is 0. The Kier molecular flexibility index (Phi) is 7.69. The Balaban J connectivity index is 2.28. The number of anilines is 2. The van der Waals surface area contributed by atoms with Gasteiger partial charge in [0, 0.05) is 24.3 Å². The van der Waals surface area contributed by atoms with Gasteiger partial charge < -0.3 is 21.1 Å². The molecule has 0 aliphatic rings. The van der Waals surface area contributed by atoms with Crippen LogP contribution in [0.3, 0.4) is 0 Å². The number of amides is 1. The molecule has 0 saturated heterocycles. The van der Waals surface area contributed by atoms with Gasteiger partial charge in [0.05, 0.1) is 6.61 Å². The summed E-state index contributed by atoms with van der Waals surface area (Å²) in [6.07, 6.45) is 2.31. The molecule has 4 N–H and O–H groups in total. The Labute approximate surface area is 120 Å². The lowest BCUT2D eigenvalue weighted by Gasteiger charge is -2.20. The van der Waals surface area contributed by atoms with Crippen molar-refractivity contribution in [3.05, 3.63) is 24.3 Å². The van der Waals surface area contributed by atoms with E-state index in [1.54, 1.807) is 12.1 Å². The molecule has 1 rings (SSSR count). The minimum atomic E-state index is -0.00366. The molecule has 5 heteroatoms. The monoisotopic (exact) mass is 279 g/mol. The second-order valence-electron chi connectivity index (χ2n) is 4.84. The van der Waals surface area contributed by atoms with E-state index in [0.717, 1.165) is 31.6 Å². The van der Waals surface area contributed by atoms with Gasteiger partial charge in [-0.15, -0.1) is 0 Å². The summed E-state index contributed by atoms with van der Waals surface area (Å²) in [6.45, 7) is 4.73. The van der Waals surface area contributed by atoms with Crippen LogP contribution in [0, 0.1) is 0 Å². The molecular formula is C15H25N3O2. The highest BCUT2D eigenvalue weighted by atomic mass is 16.3. The molecule has 0 heterocycles. The van der Waals surface area contributed by atoms with Crippen molar-refractivity contribution in [1.29, 1.82) is 0 Å². The van der Waals surface area contributed by atoms with Crippen molar-refractivity contribution in [2.45, 2.75) is 26.2 Å². The summed E-state index contributed by atoms with van der Waals surface area (Å²) in [7, 11) is 0. The molecule has 0 radical (unpaired) electrons. The minimum absolute atomic E-state index is 0.00366. The van der Waals surface area contributed by atoms with Gasteiger partial charge in [-0.3, -0.25) is 4.79 Å². The van der Waals surface area contributed by atoms with Crippen LogP contribution in [-0.2, 0) is 4.79 Å². The number of hydrogen-bond acceptors (Lipinski definition) is 4. The smallest absolute Gasteiger partial charge is 0.224 e. The molecule has 1 aromatic carbocycles. The van der Waals surface area contributed by atoms with E-state index in [9.17, 15) is 4.79 Å². The number of nitrogens with zero attached hydrogens (tertiary/aromatic N) is 1. The van der Waals surface area contributed by atoms with E-state index < -0.39 is 0 Å². The molecule has 0 unspecified atom stereocenters. The number of hydrogen-bond donors (Lipinski definition) is 3. The Morgan fingerprint density at radius 3 is 2.80 bits per heavy atom. The van der Waals surface area contributed by atoms with Gasteiger partial charge in [0.15, 0.2) is 0 Å². The van der Waals surface area contributed by atoms with Gasteiger partial charge in [0.1, 0.15) is 0 Å². The Morgan fingerprint density at radius 1 is 1.35 bits per heavy atom. The van der Waals surface area contributed by atoms with Crippen molar-refractivity contribution in [1.82, 2.24) is 4.90 Å². The minimum Gasteiger partial charge on any atom is -0.399 e. The third-order valence-corrected chi connectivity index (χ3v) is 3.00. The first kappa shape index (κ1) is 16.5. The molecule has 0 aliphatic carbocycles. The highest BCUT2D eigenvalue weighted by Gasteiger charge is 2.06. The quantitative estimate of drug-likeness (QED) is 0.601. The van der Waals surface area contributed by atoms with Gasteiger partial charge in [0.25, 0.3) is 0 Å². The van der Waals surface area contributed by atoms with Crippen molar-refractivity contribution in [2.75, 3.05) is 37.3 Å². The van der Waals surface area contributed by atoms with Gasteiger partial charge in [0.2, 0.25) is 5.91 Å². The molecule has 0 atom stereocenters. The zero-order valence-corrected chi connectivity index (χ0v) is 12.1. The maximum atomic E-state index is 11.8. The van der Waals surface area contributed by atoms with Crippen LogP contribution >= 0.6 is 0 Å². The lowest BCUT2D eigenvalue weighted by molar-refractivity contribution is -0.116. The standard InChI is InChI=1S/C15H25N3O2/c1-2-8-18(10-11-19)9-4-7-15(20)17-14-6-3-5-13(16)12-14/h3,5-6,12,19H,2,4,7-11,16H2,1H3,(H,17,20). The summed E-state index contributed by atoms with van der Waals surface area (Å²) in [5.41, 5.74) is 7.03. The van der Waals surface area contributed by atoms with Crippen molar-refractivity contribution in [3.8, 4) is 0 Å². The number of nitrogens with two attached hydrogens (primary N) is 1. The third kappa shape index (κ3) is 6.54. The first-order valence-electron chi connectivity index (χ1n) is 7.14. The average Bonchev–Trinajstić information content (AvgIpc) is 2.39. The van der Waals surface area contributed by atoms with Crippen LogP contribution in [0.25, 0.3) is 0 Å².